The Kier molecular flexibility index (Phi) is 4.10. The van der Waals surface area contributed by atoms with E-state index in [2.05, 4.69) is 26.3 Å². The highest BCUT2D eigenvalue weighted by Gasteiger charge is 2.01. The Labute approximate surface area is 92.5 Å². The highest BCUT2D eigenvalue weighted by Crippen LogP contribution is 2.10. The number of nitrogens with one attached hydrogen (secondary N) is 1. The number of amidine groups is 1. The molecule has 0 aliphatic carbocycles. The summed E-state index contributed by atoms with van der Waals surface area (Å²) in [5, 5.41) is 0. The van der Waals surface area contributed by atoms with Crippen LogP contribution in [0.15, 0.2) is 33.7 Å². The molecule has 0 unspecified atom stereocenters. The molecule has 0 heterocycles. The van der Waals surface area contributed by atoms with Crippen LogP contribution in [0, 0.1) is 0 Å². The number of halogens is 1. The van der Waals surface area contributed by atoms with E-state index in [-0.39, 0.29) is 6.04 Å². The van der Waals surface area contributed by atoms with E-state index >= 15 is 0 Å². The van der Waals surface area contributed by atoms with Gasteiger partial charge in [0.2, 0.25) is 0 Å². The Morgan fingerprint density at radius 3 is 2.36 bits per heavy atom. The fourth-order valence-corrected chi connectivity index (χ4v) is 1.33. The van der Waals surface area contributed by atoms with Crippen LogP contribution in [-0.2, 0) is 0 Å². The molecule has 0 saturated carbocycles. The molecule has 14 heavy (non-hydrogen) atoms. The highest BCUT2D eigenvalue weighted by atomic mass is 79.9. The summed E-state index contributed by atoms with van der Waals surface area (Å²) in [5.41, 5.74) is 3.59. The number of nitrogens with two attached hydrogens (primary N) is 1. The van der Waals surface area contributed by atoms with E-state index in [0.717, 1.165) is 10.0 Å². The normalized spacial score (nSPS) is 11.9. The minimum atomic E-state index is 0.227. The first kappa shape index (κ1) is 11.2. The van der Waals surface area contributed by atoms with Crippen molar-refractivity contribution in [3.63, 3.8) is 0 Å². The predicted octanol–water partition coefficient (Wildman–Crippen LogP) is 2.07. The largest absolute Gasteiger partial charge is 0.308 e. The second-order valence-electron chi connectivity index (χ2n) is 3.22. The van der Waals surface area contributed by atoms with Crippen molar-refractivity contribution in [2.75, 3.05) is 0 Å². The van der Waals surface area contributed by atoms with E-state index < -0.39 is 0 Å². The quantitative estimate of drug-likeness (QED) is 0.368. The lowest BCUT2D eigenvalue weighted by Gasteiger charge is -2.07. The predicted molar refractivity (Wildman–Crippen MR) is 63.1 cm³/mol. The SMILES string of the molecule is CC(C)N=C(NN)c1ccc(Br)cc1. The highest BCUT2D eigenvalue weighted by molar-refractivity contribution is 9.10. The Morgan fingerprint density at radius 2 is 1.93 bits per heavy atom. The lowest BCUT2D eigenvalue weighted by atomic mass is 10.2. The molecule has 0 aliphatic heterocycles. The molecule has 0 spiro atoms. The van der Waals surface area contributed by atoms with Crippen LogP contribution in [0.3, 0.4) is 0 Å². The number of benzene rings is 1. The lowest BCUT2D eigenvalue weighted by Crippen LogP contribution is -2.31. The number of rotatable bonds is 2. The molecule has 1 rings (SSSR count). The number of hydrazine groups is 1. The number of hydrogen-bond donors (Lipinski definition) is 2. The number of hydrogen-bond acceptors (Lipinski definition) is 2. The molecule has 3 nitrogen and oxygen atoms in total. The third-order valence-corrected chi connectivity index (χ3v) is 2.17. The minimum absolute atomic E-state index is 0.227. The van der Waals surface area contributed by atoms with Gasteiger partial charge >= 0.3 is 0 Å². The van der Waals surface area contributed by atoms with Crippen molar-refractivity contribution in [2.45, 2.75) is 19.9 Å². The molecule has 0 bridgehead atoms. The molecule has 1 aromatic rings. The molecule has 0 radical (unpaired) electrons. The molecule has 1 aromatic carbocycles. The van der Waals surface area contributed by atoms with Crippen molar-refractivity contribution >= 4 is 21.8 Å². The average Bonchev–Trinajstić information content (AvgIpc) is 2.15. The first-order valence-corrected chi connectivity index (χ1v) is 5.23. The first-order chi connectivity index (χ1) is 6.63. The molecular weight excluding hydrogens is 242 g/mol. The molecule has 0 atom stereocenters. The van der Waals surface area contributed by atoms with Crippen LogP contribution in [0.25, 0.3) is 0 Å². The monoisotopic (exact) mass is 255 g/mol. The zero-order valence-corrected chi connectivity index (χ0v) is 9.88. The first-order valence-electron chi connectivity index (χ1n) is 4.44. The molecule has 0 saturated heterocycles. The van der Waals surface area contributed by atoms with E-state index in [0.29, 0.717) is 5.84 Å². The third kappa shape index (κ3) is 3.12. The topological polar surface area (TPSA) is 50.4 Å². The second kappa shape index (κ2) is 5.12. The second-order valence-corrected chi connectivity index (χ2v) is 4.14. The molecule has 0 amide bonds. The van der Waals surface area contributed by atoms with E-state index in [4.69, 9.17) is 5.84 Å². The van der Waals surface area contributed by atoms with Gasteiger partial charge in [0.05, 0.1) is 0 Å². The van der Waals surface area contributed by atoms with Gasteiger partial charge < -0.3 is 5.43 Å². The van der Waals surface area contributed by atoms with E-state index in [1.165, 1.54) is 0 Å². The third-order valence-electron chi connectivity index (χ3n) is 1.64. The summed E-state index contributed by atoms with van der Waals surface area (Å²) in [5.74, 6) is 6.11. The van der Waals surface area contributed by atoms with E-state index in [1.54, 1.807) is 0 Å². The molecule has 0 aromatic heterocycles. The van der Waals surface area contributed by atoms with Crippen molar-refractivity contribution in [2.24, 2.45) is 10.8 Å². The Balaban J connectivity index is 2.95. The van der Waals surface area contributed by atoms with Crippen molar-refractivity contribution in [3.05, 3.63) is 34.3 Å². The van der Waals surface area contributed by atoms with Crippen LogP contribution in [0.1, 0.15) is 19.4 Å². The maximum Gasteiger partial charge on any atom is 0.142 e. The fourth-order valence-electron chi connectivity index (χ4n) is 1.06. The Hall–Kier alpha value is -0.870. The van der Waals surface area contributed by atoms with Gasteiger partial charge in [0, 0.05) is 16.1 Å². The Bertz CT molecular complexity index is 317. The molecule has 3 N–H and O–H groups in total. The van der Waals surface area contributed by atoms with Crippen molar-refractivity contribution in [1.82, 2.24) is 5.43 Å². The fraction of sp³-hybridized carbons (Fsp3) is 0.300. The number of aliphatic imine (C=N–C) groups is 1. The summed E-state index contributed by atoms with van der Waals surface area (Å²) in [6.07, 6.45) is 0. The molecule has 0 aliphatic rings. The van der Waals surface area contributed by atoms with Crippen LogP contribution in [0.4, 0.5) is 0 Å². The minimum Gasteiger partial charge on any atom is -0.308 e. The van der Waals surface area contributed by atoms with Gasteiger partial charge in [-0.1, -0.05) is 28.1 Å². The van der Waals surface area contributed by atoms with Crippen molar-refractivity contribution in [3.8, 4) is 0 Å². The summed E-state index contributed by atoms with van der Waals surface area (Å²) in [6.45, 7) is 4.02. The van der Waals surface area contributed by atoms with Crippen LogP contribution in [-0.4, -0.2) is 11.9 Å². The van der Waals surface area contributed by atoms with Gasteiger partial charge in [-0.2, -0.15) is 0 Å². The molecule has 0 fully saturated rings. The van der Waals surface area contributed by atoms with E-state index in [9.17, 15) is 0 Å². The maximum atomic E-state index is 5.40. The zero-order chi connectivity index (χ0) is 10.6. The van der Waals surface area contributed by atoms with Gasteiger partial charge in [0.25, 0.3) is 0 Å². The van der Waals surface area contributed by atoms with Gasteiger partial charge in [-0.05, 0) is 26.0 Å². The molecule has 4 heteroatoms. The van der Waals surface area contributed by atoms with Gasteiger partial charge in [0.15, 0.2) is 0 Å². The van der Waals surface area contributed by atoms with Gasteiger partial charge in [0.1, 0.15) is 5.84 Å². The summed E-state index contributed by atoms with van der Waals surface area (Å²) in [6, 6.07) is 8.08. The smallest absolute Gasteiger partial charge is 0.142 e. The van der Waals surface area contributed by atoms with Crippen molar-refractivity contribution in [1.29, 1.82) is 0 Å². The summed E-state index contributed by atoms with van der Waals surface area (Å²) >= 11 is 3.38. The summed E-state index contributed by atoms with van der Waals surface area (Å²) < 4.78 is 1.04. The Morgan fingerprint density at radius 1 is 1.36 bits per heavy atom. The lowest BCUT2D eigenvalue weighted by molar-refractivity contribution is 0.820. The average molecular weight is 256 g/mol. The van der Waals surface area contributed by atoms with Gasteiger partial charge in [-0.25, -0.2) is 5.84 Å². The van der Waals surface area contributed by atoms with Crippen LogP contribution in [0.2, 0.25) is 0 Å². The zero-order valence-electron chi connectivity index (χ0n) is 8.29. The van der Waals surface area contributed by atoms with E-state index in [1.807, 2.05) is 38.1 Å². The standard InChI is InChI=1S/C10H14BrN3/c1-7(2)13-10(14-12)8-3-5-9(11)6-4-8/h3-7H,12H2,1-2H3,(H,13,14). The maximum absolute atomic E-state index is 5.40. The summed E-state index contributed by atoms with van der Waals surface area (Å²) in [4.78, 5) is 4.36. The van der Waals surface area contributed by atoms with Crippen LogP contribution >= 0.6 is 15.9 Å². The van der Waals surface area contributed by atoms with Crippen LogP contribution in [0.5, 0.6) is 0 Å². The van der Waals surface area contributed by atoms with Crippen molar-refractivity contribution < 1.29 is 0 Å². The van der Waals surface area contributed by atoms with Crippen LogP contribution < -0.4 is 11.3 Å². The van der Waals surface area contributed by atoms with Gasteiger partial charge in [-0.3, -0.25) is 4.99 Å². The molecule has 76 valence electrons. The van der Waals surface area contributed by atoms with Gasteiger partial charge in [-0.15, -0.1) is 0 Å². The number of nitrogens with zero attached hydrogens (tertiary/aromatic N) is 1. The molecular formula is C10H14BrN3. The summed E-state index contributed by atoms with van der Waals surface area (Å²) in [7, 11) is 0.